The lowest BCUT2D eigenvalue weighted by atomic mass is 9.53. The van der Waals surface area contributed by atoms with Crippen molar-refractivity contribution in [1.29, 1.82) is 0 Å². The van der Waals surface area contributed by atoms with Crippen molar-refractivity contribution < 1.29 is 19.4 Å². The van der Waals surface area contributed by atoms with Gasteiger partial charge >= 0.3 is 6.03 Å². The van der Waals surface area contributed by atoms with Crippen molar-refractivity contribution in [3.63, 3.8) is 0 Å². The molecule has 4 bridgehead atoms. The van der Waals surface area contributed by atoms with E-state index < -0.39 is 6.29 Å². The van der Waals surface area contributed by atoms with Crippen LogP contribution >= 0.6 is 0 Å². The Labute approximate surface area is 302 Å². The molecule has 0 spiro atoms. The van der Waals surface area contributed by atoms with Crippen molar-refractivity contribution in [3.8, 4) is 11.1 Å². The van der Waals surface area contributed by atoms with Gasteiger partial charge < -0.3 is 25.2 Å². The quantitative estimate of drug-likeness (QED) is 0.148. The normalized spacial score (nSPS) is 28.1. The summed E-state index contributed by atoms with van der Waals surface area (Å²) in [5, 5.41) is 16.2. The van der Waals surface area contributed by atoms with E-state index in [1.165, 1.54) is 24.8 Å². The molecule has 9 rings (SSSR count). The Bertz CT molecular complexity index is 1740. The monoisotopic (exact) mass is 685 g/mol. The van der Waals surface area contributed by atoms with Crippen LogP contribution in [-0.4, -0.2) is 41.3 Å². The maximum Gasteiger partial charge on any atom is 0.315 e. The van der Waals surface area contributed by atoms with E-state index in [2.05, 4.69) is 108 Å². The van der Waals surface area contributed by atoms with E-state index in [1.54, 1.807) is 0 Å². The van der Waals surface area contributed by atoms with Crippen LogP contribution < -0.4 is 10.6 Å². The summed E-state index contributed by atoms with van der Waals surface area (Å²) in [5.74, 6) is 2.40. The van der Waals surface area contributed by atoms with Crippen molar-refractivity contribution in [1.82, 2.24) is 15.5 Å². The summed E-state index contributed by atoms with van der Waals surface area (Å²) in [4.78, 5) is 15.4. The predicted molar refractivity (Wildman–Crippen MR) is 199 cm³/mol. The van der Waals surface area contributed by atoms with Gasteiger partial charge in [0.2, 0.25) is 0 Å². The Morgan fingerprint density at radius 1 is 0.745 bits per heavy atom. The summed E-state index contributed by atoms with van der Waals surface area (Å²) in [5.41, 5.74) is 7.52. The second-order valence-corrected chi connectivity index (χ2v) is 15.9. The van der Waals surface area contributed by atoms with Crippen LogP contribution in [0.2, 0.25) is 0 Å². The fourth-order valence-electron chi connectivity index (χ4n) is 9.76. The molecule has 4 aromatic rings. The molecule has 1 heterocycles. The number of carbonyl (C=O) groups is 1. The number of nitrogens with zero attached hydrogens (tertiary/aromatic N) is 1. The molecule has 5 aliphatic rings. The highest BCUT2D eigenvalue weighted by Crippen LogP contribution is 2.55. The molecular formula is C44H51N3O4. The van der Waals surface area contributed by atoms with Crippen LogP contribution in [0.15, 0.2) is 103 Å². The third kappa shape index (κ3) is 8.07. The van der Waals surface area contributed by atoms with Crippen molar-refractivity contribution in [3.05, 3.63) is 131 Å². The summed E-state index contributed by atoms with van der Waals surface area (Å²) in [6, 6.07) is 35.4. The topological polar surface area (TPSA) is 83.1 Å². The molecule has 4 aromatic carbocycles. The molecule has 51 heavy (non-hydrogen) atoms. The van der Waals surface area contributed by atoms with Gasteiger partial charge in [0.15, 0.2) is 6.29 Å². The first kappa shape index (κ1) is 34.1. The van der Waals surface area contributed by atoms with Crippen LogP contribution in [0, 0.1) is 17.8 Å². The van der Waals surface area contributed by atoms with Gasteiger partial charge in [0.1, 0.15) is 0 Å². The number of nitrogens with one attached hydrogen (secondary N) is 2. The number of hydrogen-bond donors (Lipinski definition) is 3. The molecular weight excluding hydrogens is 635 g/mol. The van der Waals surface area contributed by atoms with Gasteiger partial charge in [-0.25, -0.2) is 4.79 Å². The van der Waals surface area contributed by atoms with E-state index >= 15 is 0 Å². The van der Waals surface area contributed by atoms with Gasteiger partial charge in [-0.2, -0.15) is 0 Å². The molecule has 3 N–H and O–H groups in total. The lowest BCUT2D eigenvalue weighted by molar-refractivity contribution is -0.252. The van der Waals surface area contributed by atoms with E-state index in [-0.39, 0.29) is 30.4 Å². The maximum atomic E-state index is 13.1. The maximum absolute atomic E-state index is 13.1. The Hall–Kier alpha value is -4.01. The van der Waals surface area contributed by atoms with Crippen LogP contribution in [0.5, 0.6) is 0 Å². The van der Waals surface area contributed by atoms with Crippen molar-refractivity contribution >= 4 is 6.03 Å². The molecule has 7 nitrogen and oxygen atoms in total. The molecule has 0 aromatic heterocycles. The van der Waals surface area contributed by atoms with Gasteiger partial charge in [-0.05, 0) is 103 Å². The second-order valence-electron chi connectivity index (χ2n) is 15.9. The number of ether oxygens (including phenoxy) is 2. The average Bonchev–Trinajstić information content (AvgIpc) is 3.14. The lowest BCUT2D eigenvalue weighted by Crippen LogP contribution is -2.61. The van der Waals surface area contributed by atoms with Crippen LogP contribution in [0.4, 0.5) is 4.79 Å². The number of carbonyl (C=O) groups excluding carboxylic acids is 1. The van der Waals surface area contributed by atoms with E-state index in [9.17, 15) is 9.90 Å². The second kappa shape index (κ2) is 14.9. The van der Waals surface area contributed by atoms with Gasteiger partial charge in [0.05, 0.1) is 18.8 Å². The Morgan fingerprint density at radius 3 is 2.10 bits per heavy atom. The first-order chi connectivity index (χ1) is 24.9. The SMILES string of the molecule is CN(Cc1ccccc1)CC1CC(c2ccc(CO)cc2)OC(c2ccc(-c3cccc(CNC(=O)NC45CC6CC(CC(C6)C4)C5)c3)cc2)O1. The summed E-state index contributed by atoms with van der Waals surface area (Å²) >= 11 is 0. The summed E-state index contributed by atoms with van der Waals surface area (Å²) < 4.78 is 13.3. The summed E-state index contributed by atoms with van der Waals surface area (Å²) in [6.45, 7) is 2.14. The zero-order chi connectivity index (χ0) is 34.8. The zero-order valence-corrected chi connectivity index (χ0v) is 29.7. The number of amides is 2. The molecule has 0 radical (unpaired) electrons. The number of benzene rings is 4. The van der Waals surface area contributed by atoms with Gasteiger partial charge in [0, 0.05) is 37.2 Å². The van der Waals surface area contributed by atoms with E-state index in [1.807, 2.05) is 18.2 Å². The smallest absolute Gasteiger partial charge is 0.315 e. The van der Waals surface area contributed by atoms with Gasteiger partial charge in [-0.1, -0.05) is 97.1 Å². The van der Waals surface area contributed by atoms with Gasteiger partial charge in [-0.3, -0.25) is 4.90 Å². The number of aliphatic hydroxyl groups excluding tert-OH is 1. The molecule has 3 unspecified atom stereocenters. The molecule has 1 saturated heterocycles. The third-order valence-electron chi connectivity index (χ3n) is 11.7. The standard InChI is InChI=1S/C44H51N3O4/c1-47(27-30-6-3-2-4-7-30)28-40-22-41(37-12-10-31(29-48)11-13-37)51-42(50-40)38-16-14-36(15-17-38)39-9-5-8-32(21-39)26-45-43(49)46-44-23-33-18-34(24-44)20-35(19-33)25-44/h2-17,21,33-35,40-42,48H,18-20,22-29H2,1H3,(H2,45,46,49). The Morgan fingerprint density at radius 2 is 1.41 bits per heavy atom. The molecule has 7 heteroatoms. The van der Waals surface area contributed by atoms with E-state index in [0.717, 1.165) is 89.9 Å². The van der Waals surface area contributed by atoms with Crippen molar-refractivity contribution in [2.45, 2.75) is 88.7 Å². The highest BCUT2D eigenvalue weighted by Gasteiger charge is 2.51. The average molecular weight is 686 g/mol. The number of rotatable bonds is 11. The molecule has 266 valence electrons. The van der Waals surface area contributed by atoms with E-state index in [0.29, 0.717) is 6.54 Å². The van der Waals surface area contributed by atoms with Crippen LogP contribution in [-0.2, 0) is 29.2 Å². The first-order valence-electron chi connectivity index (χ1n) is 18.9. The largest absolute Gasteiger partial charge is 0.392 e. The molecule has 4 aliphatic carbocycles. The molecule has 3 atom stereocenters. The van der Waals surface area contributed by atoms with Crippen molar-refractivity contribution in [2.75, 3.05) is 13.6 Å². The minimum absolute atomic E-state index is 0.0108. The first-order valence-corrected chi connectivity index (χ1v) is 18.9. The van der Waals surface area contributed by atoms with Crippen molar-refractivity contribution in [2.24, 2.45) is 17.8 Å². The fourth-order valence-corrected chi connectivity index (χ4v) is 9.76. The molecule has 1 aliphatic heterocycles. The Balaban J connectivity index is 0.920. The van der Waals surface area contributed by atoms with Crippen LogP contribution in [0.1, 0.15) is 85.2 Å². The highest BCUT2D eigenvalue weighted by atomic mass is 16.7. The highest BCUT2D eigenvalue weighted by molar-refractivity contribution is 5.75. The van der Waals surface area contributed by atoms with Gasteiger partial charge in [-0.15, -0.1) is 0 Å². The molecule has 2 amide bonds. The number of urea groups is 1. The lowest BCUT2D eigenvalue weighted by Gasteiger charge is -2.56. The third-order valence-corrected chi connectivity index (χ3v) is 11.7. The van der Waals surface area contributed by atoms with Crippen LogP contribution in [0.3, 0.4) is 0 Å². The Kier molecular flexibility index (Phi) is 9.97. The van der Waals surface area contributed by atoms with Crippen LogP contribution in [0.25, 0.3) is 11.1 Å². The van der Waals surface area contributed by atoms with Gasteiger partial charge in [0.25, 0.3) is 0 Å². The van der Waals surface area contributed by atoms with E-state index in [4.69, 9.17) is 9.47 Å². The zero-order valence-electron chi connectivity index (χ0n) is 29.7. The molecule has 5 fully saturated rings. The summed E-state index contributed by atoms with van der Waals surface area (Å²) in [7, 11) is 2.14. The minimum Gasteiger partial charge on any atom is -0.392 e. The number of aliphatic hydroxyl groups is 1. The molecule has 4 saturated carbocycles. The fraction of sp³-hybridized carbons (Fsp3) is 0.432. The number of hydrogen-bond acceptors (Lipinski definition) is 5. The summed E-state index contributed by atoms with van der Waals surface area (Å²) in [6.07, 6.45) is 7.64. The predicted octanol–water partition coefficient (Wildman–Crippen LogP) is 8.29. The minimum atomic E-state index is -0.506. The number of likely N-dealkylation sites (N-methyl/N-ethyl adjacent to an activating group) is 1.